The molecule has 162 valence electrons. The molecule has 0 aliphatic carbocycles. The molecule has 3 N–H and O–H groups in total. The molecule has 2 aromatic rings. The van der Waals surface area contributed by atoms with Crippen LogP contribution in [0.1, 0.15) is 45.2 Å². The highest BCUT2D eigenvalue weighted by atomic mass is 16.5. The first-order valence-electron chi connectivity index (χ1n) is 10.3. The quantitative estimate of drug-likeness (QED) is 0.513. The number of urea groups is 1. The first-order chi connectivity index (χ1) is 14.5. The van der Waals surface area contributed by atoms with Crippen LogP contribution in [0.25, 0.3) is 0 Å². The van der Waals surface area contributed by atoms with Gasteiger partial charge in [-0.3, -0.25) is 4.79 Å². The number of benzene rings is 2. The van der Waals surface area contributed by atoms with E-state index in [4.69, 9.17) is 9.47 Å². The van der Waals surface area contributed by atoms with Gasteiger partial charge in [0.05, 0.1) is 25.8 Å². The summed E-state index contributed by atoms with van der Waals surface area (Å²) in [7, 11) is 0. The average Bonchev–Trinajstić information content (AvgIpc) is 2.76. The largest absolute Gasteiger partial charge is 0.490 e. The van der Waals surface area contributed by atoms with Gasteiger partial charge >= 0.3 is 6.03 Å². The first kappa shape index (κ1) is 23.1. The zero-order valence-electron chi connectivity index (χ0n) is 17.9. The molecule has 0 bridgehead atoms. The zero-order valence-corrected chi connectivity index (χ0v) is 17.9. The molecule has 3 amide bonds. The van der Waals surface area contributed by atoms with Crippen LogP contribution in [0.3, 0.4) is 0 Å². The number of nitrogens with one attached hydrogen (secondary N) is 3. The van der Waals surface area contributed by atoms with E-state index >= 15 is 0 Å². The van der Waals surface area contributed by atoms with Crippen molar-refractivity contribution in [2.45, 2.75) is 39.7 Å². The van der Waals surface area contributed by atoms with E-state index < -0.39 is 6.03 Å². The number of amides is 3. The summed E-state index contributed by atoms with van der Waals surface area (Å²) in [5.74, 6) is 0.958. The Morgan fingerprint density at radius 1 is 0.933 bits per heavy atom. The van der Waals surface area contributed by atoms with Crippen molar-refractivity contribution >= 4 is 17.6 Å². The molecular formula is C23H31N3O4. The van der Waals surface area contributed by atoms with E-state index in [1.165, 1.54) is 0 Å². The SMILES string of the molecule is CCCOc1ccc(NC(=O)NCC(=O)NC(C)c2ccccc2)cc1OCCC. The molecule has 2 rings (SSSR count). The van der Waals surface area contributed by atoms with E-state index in [9.17, 15) is 9.59 Å². The summed E-state index contributed by atoms with van der Waals surface area (Å²) in [6.07, 6.45) is 1.75. The van der Waals surface area contributed by atoms with Crippen LogP contribution in [0.2, 0.25) is 0 Å². The first-order valence-corrected chi connectivity index (χ1v) is 10.3. The average molecular weight is 414 g/mol. The van der Waals surface area contributed by atoms with Crippen molar-refractivity contribution in [2.24, 2.45) is 0 Å². The van der Waals surface area contributed by atoms with E-state index in [2.05, 4.69) is 16.0 Å². The summed E-state index contributed by atoms with van der Waals surface area (Å²) in [4.78, 5) is 24.3. The monoisotopic (exact) mass is 413 g/mol. The maximum atomic E-state index is 12.2. The van der Waals surface area contributed by atoms with Gasteiger partial charge in [-0.25, -0.2) is 4.79 Å². The number of ether oxygens (including phenoxy) is 2. The van der Waals surface area contributed by atoms with E-state index in [0.29, 0.717) is 30.4 Å². The summed E-state index contributed by atoms with van der Waals surface area (Å²) >= 11 is 0. The standard InChI is InChI=1S/C23H31N3O4/c1-4-13-29-20-12-11-19(15-21(20)30-14-5-2)26-23(28)24-16-22(27)25-17(3)18-9-7-6-8-10-18/h6-12,15,17H,4-5,13-14,16H2,1-3H3,(H,25,27)(H2,24,26,28). The number of rotatable bonds is 11. The molecule has 0 heterocycles. The minimum absolute atomic E-state index is 0.125. The number of carbonyl (C=O) groups is 2. The summed E-state index contributed by atoms with van der Waals surface area (Å²) in [5.41, 5.74) is 1.56. The predicted octanol–water partition coefficient (Wildman–Crippen LogP) is 4.26. The second-order valence-electron chi connectivity index (χ2n) is 6.87. The molecule has 0 radical (unpaired) electrons. The number of carbonyl (C=O) groups excluding carboxylic acids is 2. The van der Waals surface area contributed by atoms with Crippen LogP contribution in [-0.2, 0) is 4.79 Å². The van der Waals surface area contributed by atoms with Crippen molar-refractivity contribution in [2.75, 3.05) is 25.1 Å². The Hall–Kier alpha value is -3.22. The van der Waals surface area contributed by atoms with Crippen LogP contribution in [-0.4, -0.2) is 31.7 Å². The Bertz CT molecular complexity index is 811. The van der Waals surface area contributed by atoms with Gasteiger partial charge < -0.3 is 25.4 Å². The van der Waals surface area contributed by atoms with Crippen LogP contribution in [0.5, 0.6) is 11.5 Å². The molecule has 0 fully saturated rings. The normalized spacial score (nSPS) is 11.3. The molecule has 0 saturated carbocycles. The van der Waals surface area contributed by atoms with Gasteiger partial charge in [0.15, 0.2) is 11.5 Å². The molecule has 0 aliphatic heterocycles. The lowest BCUT2D eigenvalue weighted by Crippen LogP contribution is -2.39. The molecule has 0 aromatic heterocycles. The van der Waals surface area contributed by atoms with Crippen LogP contribution in [0, 0.1) is 0 Å². The third-order valence-corrected chi connectivity index (χ3v) is 4.21. The van der Waals surface area contributed by atoms with Gasteiger partial charge in [-0.05, 0) is 37.5 Å². The van der Waals surface area contributed by atoms with Crippen molar-refractivity contribution in [3.63, 3.8) is 0 Å². The van der Waals surface area contributed by atoms with Crippen LogP contribution in [0.4, 0.5) is 10.5 Å². The van der Waals surface area contributed by atoms with Gasteiger partial charge in [-0.15, -0.1) is 0 Å². The van der Waals surface area contributed by atoms with E-state index in [-0.39, 0.29) is 18.5 Å². The fraction of sp³-hybridized carbons (Fsp3) is 0.391. The maximum Gasteiger partial charge on any atom is 0.319 e. The van der Waals surface area contributed by atoms with Crippen molar-refractivity contribution in [3.8, 4) is 11.5 Å². The lowest BCUT2D eigenvalue weighted by molar-refractivity contribution is -0.120. The molecular weight excluding hydrogens is 382 g/mol. The molecule has 1 unspecified atom stereocenters. The topological polar surface area (TPSA) is 88.7 Å². The zero-order chi connectivity index (χ0) is 21.8. The lowest BCUT2D eigenvalue weighted by atomic mass is 10.1. The fourth-order valence-corrected chi connectivity index (χ4v) is 2.70. The third kappa shape index (κ3) is 7.66. The number of anilines is 1. The summed E-state index contributed by atoms with van der Waals surface area (Å²) < 4.78 is 11.4. The molecule has 2 aromatic carbocycles. The Morgan fingerprint density at radius 2 is 1.60 bits per heavy atom. The van der Waals surface area contributed by atoms with E-state index in [0.717, 1.165) is 18.4 Å². The van der Waals surface area contributed by atoms with Crippen LogP contribution in [0.15, 0.2) is 48.5 Å². The third-order valence-electron chi connectivity index (χ3n) is 4.21. The molecule has 7 heteroatoms. The highest BCUT2D eigenvalue weighted by Crippen LogP contribution is 2.31. The molecule has 0 spiro atoms. The molecule has 1 atom stereocenters. The van der Waals surface area contributed by atoms with Crippen molar-refractivity contribution in [1.82, 2.24) is 10.6 Å². The van der Waals surface area contributed by atoms with Gasteiger partial charge in [-0.1, -0.05) is 44.2 Å². The highest BCUT2D eigenvalue weighted by Gasteiger charge is 2.12. The Kier molecular flexibility index (Phi) is 9.51. The molecule has 0 saturated heterocycles. The molecule has 30 heavy (non-hydrogen) atoms. The Morgan fingerprint density at radius 3 is 2.27 bits per heavy atom. The van der Waals surface area contributed by atoms with Gasteiger partial charge in [0.1, 0.15) is 0 Å². The minimum Gasteiger partial charge on any atom is -0.490 e. The van der Waals surface area contributed by atoms with Crippen molar-refractivity contribution in [1.29, 1.82) is 0 Å². The smallest absolute Gasteiger partial charge is 0.319 e. The van der Waals surface area contributed by atoms with E-state index in [1.807, 2.05) is 51.1 Å². The second-order valence-corrected chi connectivity index (χ2v) is 6.87. The van der Waals surface area contributed by atoms with Crippen molar-refractivity contribution in [3.05, 3.63) is 54.1 Å². The van der Waals surface area contributed by atoms with Gasteiger partial charge in [-0.2, -0.15) is 0 Å². The summed E-state index contributed by atoms with van der Waals surface area (Å²) in [6.45, 7) is 6.97. The second kappa shape index (κ2) is 12.4. The Balaban J connectivity index is 1.86. The lowest BCUT2D eigenvalue weighted by Gasteiger charge is -2.15. The molecule has 7 nitrogen and oxygen atoms in total. The number of hydrogen-bond donors (Lipinski definition) is 3. The predicted molar refractivity (Wildman–Crippen MR) is 118 cm³/mol. The fourth-order valence-electron chi connectivity index (χ4n) is 2.70. The van der Waals surface area contributed by atoms with Gasteiger partial charge in [0, 0.05) is 11.8 Å². The minimum atomic E-state index is -0.471. The van der Waals surface area contributed by atoms with Gasteiger partial charge in [0.25, 0.3) is 0 Å². The molecule has 0 aliphatic rings. The highest BCUT2D eigenvalue weighted by molar-refractivity contribution is 5.92. The van der Waals surface area contributed by atoms with Crippen LogP contribution >= 0.6 is 0 Å². The Labute approximate surface area is 178 Å². The number of hydrogen-bond acceptors (Lipinski definition) is 4. The maximum absolute atomic E-state index is 12.2. The van der Waals surface area contributed by atoms with Crippen molar-refractivity contribution < 1.29 is 19.1 Å². The summed E-state index contributed by atoms with van der Waals surface area (Å²) in [5, 5.41) is 8.14. The summed E-state index contributed by atoms with van der Waals surface area (Å²) in [6, 6.07) is 14.3. The van der Waals surface area contributed by atoms with E-state index in [1.54, 1.807) is 18.2 Å². The van der Waals surface area contributed by atoms with Crippen LogP contribution < -0.4 is 25.4 Å². The van der Waals surface area contributed by atoms with Gasteiger partial charge in [0.2, 0.25) is 5.91 Å².